The summed E-state index contributed by atoms with van der Waals surface area (Å²) in [6.07, 6.45) is 6.82. The molecule has 0 radical (unpaired) electrons. The molecule has 1 fully saturated rings. The molecule has 0 aromatic heterocycles. The minimum absolute atomic E-state index is 0.0487. The van der Waals surface area contributed by atoms with Crippen LogP contribution in [0.4, 0.5) is 11.4 Å². The second-order valence-electron chi connectivity index (χ2n) is 8.95. The monoisotopic (exact) mass is 367 g/mol. The average molecular weight is 368 g/mol. The normalized spacial score (nSPS) is 17.8. The van der Waals surface area contributed by atoms with E-state index in [0.29, 0.717) is 5.92 Å². The molecule has 28 heavy (non-hydrogen) atoms. The quantitative estimate of drug-likeness (QED) is 0.498. The molecular formula is C27H29N. The standard InChI is InChI=1S/C27H29N/c1-27(2)23-16-10-9-15-22(23)25-24(28-20-13-7-4-8-14-20)18-17-21(26(25)27)19-11-5-3-6-12-19/h4,7-10,13-19,28H,3,5-6,11-12H2,1-2H3. The van der Waals surface area contributed by atoms with Crippen LogP contribution in [0.2, 0.25) is 0 Å². The Kier molecular flexibility index (Phi) is 4.27. The molecule has 0 spiro atoms. The van der Waals surface area contributed by atoms with Gasteiger partial charge in [0.1, 0.15) is 0 Å². The van der Waals surface area contributed by atoms with Crippen molar-refractivity contribution in [1.29, 1.82) is 0 Å². The van der Waals surface area contributed by atoms with E-state index in [0.717, 1.165) is 5.69 Å². The Morgan fingerprint density at radius 3 is 2.29 bits per heavy atom. The van der Waals surface area contributed by atoms with Crippen LogP contribution < -0.4 is 5.32 Å². The van der Waals surface area contributed by atoms with Crippen LogP contribution in [0.25, 0.3) is 11.1 Å². The van der Waals surface area contributed by atoms with E-state index in [1.165, 1.54) is 54.5 Å². The molecule has 0 atom stereocenters. The van der Waals surface area contributed by atoms with Gasteiger partial charge in [-0.25, -0.2) is 0 Å². The van der Waals surface area contributed by atoms with Crippen molar-refractivity contribution >= 4 is 11.4 Å². The molecule has 0 bridgehead atoms. The summed E-state index contributed by atoms with van der Waals surface area (Å²) in [6, 6.07) is 24.3. The summed E-state index contributed by atoms with van der Waals surface area (Å²) in [5, 5.41) is 3.71. The van der Waals surface area contributed by atoms with Crippen LogP contribution >= 0.6 is 0 Å². The fourth-order valence-electron chi connectivity index (χ4n) is 5.49. The van der Waals surface area contributed by atoms with Crippen molar-refractivity contribution in [3.63, 3.8) is 0 Å². The number of nitrogens with one attached hydrogen (secondary N) is 1. The van der Waals surface area contributed by atoms with Crippen LogP contribution in [0.3, 0.4) is 0 Å². The third kappa shape index (κ3) is 2.76. The Balaban J connectivity index is 1.71. The van der Waals surface area contributed by atoms with E-state index in [1.807, 2.05) is 0 Å². The molecule has 2 aliphatic carbocycles. The molecule has 1 saturated carbocycles. The molecular weight excluding hydrogens is 338 g/mol. The SMILES string of the molecule is CC1(C)c2ccccc2-c2c(Nc3ccccc3)ccc(C3CCCCC3)c21. The van der Waals surface area contributed by atoms with Gasteiger partial charge in [-0.1, -0.05) is 81.6 Å². The number of para-hydroxylation sites is 1. The predicted octanol–water partition coefficient (Wildman–Crippen LogP) is 7.78. The summed E-state index contributed by atoms with van der Waals surface area (Å²) in [5.41, 5.74) is 9.87. The maximum atomic E-state index is 3.71. The zero-order valence-electron chi connectivity index (χ0n) is 17.0. The third-order valence-electron chi connectivity index (χ3n) is 6.83. The summed E-state index contributed by atoms with van der Waals surface area (Å²) in [6.45, 7) is 4.83. The van der Waals surface area contributed by atoms with Crippen LogP contribution in [0.15, 0.2) is 66.7 Å². The first kappa shape index (κ1) is 17.6. The summed E-state index contributed by atoms with van der Waals surface area (Å²) in [7, 11) is 0. The first-order valence-corrected chi connectivity index (χ1v) is 10.8. The molecule has 142 valence electrons. The van der Waals surface area contributed by atoms with Crippen molar-refractivity contribution < 1.29 is 0 Å². The highest BCUT2D eigenvalue weighted by atomic mass is 14.9. The molecule has 1 nitrogen and oxygen atoms in total. The van der Waals surface area contributed by atoms with Crippen molar-refractivity contribution in [2.24, 2.45) is 0 Å². The number of hydrogen-bond donors (Lipinski definition) is 1. The minimum Gasteiger partial charge on any atom is -0.355 e. The Bertz CT molecular complexity index is 994. The maximum absolute atomic E-state index is 3.71. The first-order chi connectivity index (χ1) is 13.7. The highest BCUT2D eigenvalue weighted by Crippen LogP contribution is 2.55. The van der Waals surface area contributed by atoms with E-state index >= 15 is 0 Å². The molecule has 3 aromatic carbocycles. The van der Waals surface area contributed by atoms with Gasteiger partial charge in [-0.15, -0.1) is 0 Å². The van der Waals surface area contributed by atoms with Crippen molar-refractivity contribution in [2.75, 3.05) is 5.32 Å². The van der Waals surface area contributed by atoms with Crippen molar-refractivity contribution in [2.45, 2.75) is 57.3 Å². The van der Waals surface area contributed by atoms with Crippen LogP contribution in [-0.4, -0.2) is 0 Å². The van der Waals surface area contributed by atoms with Crippen molar-refractivity contribution in [1.82, 2.24) is 0 Å². The van der Waals surface area contributed by atoms with Crippen LogP contribution in [0.5, 0.6) is 0 Å². The molecule has 0 amide bonds. The van der Waals surface area contributed by atoms with Crippen LogP contribution in [0, 0.1) is 0 Å². The molecule has 1 heteroatoms. The van der Waals surface area contributed by atoms with Gasteiger partial charge in [0.2, 0.25) is 0 Å². The lowest BCUT2D eigenvalue weighted by atomic mass is 9.74. The molecule has 2 aliphatic rings. The predicted molar refractivity (Wildman–Crippen MR) is 120 cm³/mol. The van der Waals surface area contributed by atoms with E-state index in [2.05, 4.69) is 85.9 Å². The summed E-state index contributed by atoms with van der Waals surface area (Å²) < 4.78 is 0. The highest BCUT2D eigenvalue weighted by molar-refractivity contribution is 5.92. The van der Waals surface area contributed by atoms with Gasteiger partial charge in [0.05, 0.1) is 0 Å². The first-order valence-electron chi connectivity index (χ1n) is 10.8. The second-order valence-corrected chi connectivity index (χ2v) is 8.95. The molecule has 0 heterocycles. The Labute approximate surface area is 168 Å². The number of fused-ring (bicyclic) bond motifs is 3. The Morgan fingerprint density at radius 2 is 1.50 bits per heavy atom. The molecule has 5 rings (SSSR count). The summed E-state index contributed by atoms with van der Waals surface area (Å²) >= 11 is 0. The van der Waals surface area contributed by atoms with E-state index in [-0.39, 0.29) is 5.41 Å². The molecule has 0 saturated heterocycles. The fourth-order valence-corrected chi connectivity index (χ4v) is 5.49. The molecule has 0 unspecified atom stereocenters. The molecule has 0 aliphatic heterocycles. The van der Waals surface area contributed by atoms with E-state index in [9.17, 15) is 0 Å². The number of benzene rings is 3. The van der Waals surface area contributed by atoms with Gasteiger partial charge in [-0.3, -0.25) is 0 Å². The number of rotatable bonds is 3. The number of hydrogen-bond acceptors (Lipinski definition) is 1. The van der Waals surface area contributed by atoms with Crippen LogP contribution in [0.1, 0.15) is 68.6 Å². The van der Waals surface area contributed by atoms with Crippen molar-refractivity contribution in [3.8, 4) is 11.1 Å². The van der Waals surface area contributed by atoms with Gasteiger partial charge in [0.25, 0.3) is 0 Å². The topological polar surface area (TPSA) is 12.0 Å². The lowest BCUT2D eigenvalue weighted by Gasteiger charge is -2.30. The zero-order chi connectivity index (χ0) is 19.1. The van der Waals surface area contributed by atoms with E-state index < -0.39 is 0 Å². The van der Waals surface area contributed by atoms with Gasteiger partial charge in [-0.05, 0) is 59.2 Å². The van der Waals surface area contributed by atoms with Gasteiger partial charge >= 0.3 is 0 Å². The minimum atomic E-state index is 0.0487. The Morgan fingerprint density at radius 1 is 0.786 bits per heavy atom. The second kappa shape index (κ2) is 6.81. The average Bonchev–Trinajstić information content (AvgIpc) is 2.98. The molecule has 3 aromatic rings. The van der Waals surface area contributed by atoms with E-state index in [4.69, 9.17) is 0 Å². The lowest BCUT2D eigenvalue weighted by molar-refractivity contribution is 0.438. The maximum Gasteiger partial charge on any atom is 0.0467 e. The van der Waals surface area contributed by atoms with E-state index in [1.54, 1.807) is 11.1 Å². The highest BCUT2D eigenvalue weighted by Gasteiger charge is 2.40. The summed E-state index contributed by atoms with van der Waals surface area (Å²) in [5.74, 6) is 0.710. The van der Waals surface area contributed by atoms with Gasteiger partial charge < -0.3 is 5.32 Å². The Hall–Kier alpha value is -2.54. The van der Waals surface area contributed by atoms with Gasteiger partial charge in [-0.2, -0.15) is 0 Å². The van der Waals surface area contributed by atoms with Crippen molar-refractivity contribution in [3.05, 3.63) is 83.4 Å². The number of anilines is 2. The molecule has 1 N–H and O–H groups in total. The van der Waals surface area contributed by atoms with Crippen LogP contribution in [-0.2, 0) is 5.41 Å². The smallest absolute Gasteiger partial charge is 0.0467 e. The largest absolute Gasteiger partial charge is 0.355 e. The van der Waals surface area contributed by atoms with Gasteiger partial charge in [0, 0.05) is 22.4 Å². The summed E-state index contributed by atoms with van der Waals surface area (Å²) in [4.78, 5) is 0. The van der Waals surface area contributed by atoms with Gasteiger partial charge in [0.15, 0.2) is 0 Å². The zero-order valence-corrected chi connectivity index (χ0v) is 17.0. The fraction of sp³-hybridized carbons (Fsp3) is 0.333. The lowest BCUT2D eigenvalue weighted by Crippen LogP contribution is -2.19. The third-order valence-corrected chi connectivity index (χ3v) is 6.83.